The number of hydrogen-bond donors (Lipinski definition) is 1. The minimum Gasteiger partial charge on any atom is -0.326 e. The normalized spacial score (nSPS) is 11.9. The zero-order chi connectivity index (χ0) is 13.7. The third-order valence-corrected chi connectivity index (χ3v) is 3.46. The lowest BCUT2D eigenvalue weighted by Gasteiger charge is -2.12. The van der Waals surface area contributed by atoms with Crippen LogP contribution < -0.4 is 5.32 Å². The number of hydrogen-bond acceptors (Lipinski definition) is 1. The molecular weight excluding hydrogens is 302 g/mol. The molecule has 1 atom stereocenters. The van der Waals surface area contributed by atoms with Crippen molar-refractivity contribution in [3.8, 4) is 0 Å². The smallest absolute Gasteiger partial charge is 0.224 e. The summed E-state index contributed by atoms with van der Waals surface area (Å²) in [7, 11) is 0. The van der Waals surface area contributed by atoms with Gasteiger partial charge in [-0.2, -0.15) is 0 Å². The Bertz CT molecular complexity index is 554. The summed E-state index contributed by atoms with van der Waals surface area (Å²) in [4.78, 5) is 12.0. The van der Waals surface area contributed by atoms with Crippen molar-refractivity contribution in [1.29, 1.82) is 0 Å². The van der Waals surface area contributed by atoms with Crippen LogP contribution in [0.5, 0.6) is 0 Å². The fourth-order valence-electron chi connectivity index (χ4n) is 1.96. The highest BCUT2D eigenvalue weighted by Crippen LogP contribution is 2.20. The number of benzene rings is 2. The van der Waals surface area contributed by atoms with E-state index in [1.165, 1.54) is 5.56 Å². The van der Waals surface area contributed by atoms with Crippen LogP contribution in [0.4, 0.5) is 5.69 Å². The molecule has 0 aliphatic heterocycles. The monoisotopic (exact) mass is 317 g/mol. The summed E-state index contributed by atoms with van der Waals surface area (Å²) in [5.74, 6) is 0.253. The van der Waals surface area contributed by atoms with Gasteiger partial charge in [-0.25, -0.2) is 0 Å². The van der Waals surface area contributed by atoms with E-state index >= 15 is 0 Å². The quantitative estimate of drug-likeness (QED) is 0.878. The van der Waals surface area contributed by atoms with Crippen LogP contribution in [-0.2, 0) is 4.79 Å². The molecule has 0 heterocycles. The van der Waals surface area contributed by atoms with E-state index in [1.54, 1.807) is 0 Å². The first kappa shape index (κ1) is 13.8. The highest BCUT2D eigenvalue weighted by Gasteiger charge is 2.11. The molecule has 0 aliphatic rings. The van der Waals surface area contributed by atoms with Crippen molar-refractivity contribution < 1.29 is 4.79 Å². The number of halogens is 1. The first-order valence-corrected chi connectivity index (χ1v) is 7.05. The Morgan fingerprint density at radius 2 is 1.89 bits per heavy atom. The molecule has 0 aliphatic carbocycles. The van der Waals surface area contributed by atoms with E-state index in [1.807, 2.05) is 42.5 Å². The fourth-order valence-corrected chi connectivity index (χ4v) is 2.36. The topological polar surface area (TPSA) is 29.1 Å². The fraction of sp³-hybridized carbons (Fsp3) is 0.188. The minimum atomic E-state index is 0.0365. The summed E-state index contributed by atoms with van der Waals surface area (Å²) in [6.07, 6.45) is 0.483. The maximum absolute atomic E-state index is 12.0. The highest BCUT2D eigenvalue weighted by molar-refractivity contribution is 9.10. The first-order chi connectivity index (χ1) is 9.15. The van der Waals surface area contributed by atoms with Crippen LogP contribution in [0.1, 0.15) is 24.8 Å². The molecule has 2 aromatic carbocycles. The average molecular weight is 318 g/mol. The van der Waals surface area contributed by atoms with Crippen molar-refractivity contribution in [3.63, 3.8) is 0 Å². The predicted octanol–water partition coefficient (Wildman–Crippen LogP) is 4.58. The largest absolute Gasteiger partial charge is 0.326 e. The second-order valence-electron chi connectivity index (χ2n) is 4.57. The molecule has 1 amide bonds. The van der Waals surface area contributed by atoms with E-state index in [-0.39, 0.29) is 11.8 Å². The summed E-state index contributed by atoms with van der Waals surface area (Å²) >= 11 is 3.39. The van der Waals surface area contributed by atoms with Crippen LogP contribution in [0.25, 0.3) is 0 Å². The Kier molecular flexibility index (Phi) is 4.74. The molecule has 98 valence electrons. The molecular formula is C16H16BrNO. The molecule has 0 radical (unpaired) electrons. The molecule has 0 spiro atoms. The highest BCUT2D eigenvalue weighted by atomic mass is 79.9. The average Bonchev–Trinajstić information content (AvgIpc) is 2.39. The van der Waals surface area contributed by atoms with Gasteiger partial charge < -0.3 is 5.32 Å². The predicted molar refractivity (Wildman–Crippen MR) is 82.2 cm³/mol. The van der Waals surface area contributed by atoms with E-state index in [0.29, 0.717) is 6.42 Å². The molecule has 2 nitrogen and oxygen atoms in total. The van der Waals surface area contributed by atoms with Gasteiger partial charge in [0.15, 0.2) is 0 Å². The van der Waals surface area contributed by atoms with Gasteiger partial charge in [0.25, 0.3) is 0 Å². The Labute approximate surface area is 122 Å². The SMILES string of the molecule is C[C@@H](CC(=O)Nc1cccc(Br)c1)c1ccccc1. The number of anilines is 1. The van der Waals surface area contributed by atoms with Crippen LogP contribution in [0, 0.1) is 0 Å². The summed E-state index contributed by atoms with van der Waals surface area (Å²) in [5.41, 5.74) is 2.01. The summed E-state index contributed by atoms with van der Waals surface area (Å²) in [5, 5.41) is 2.91. The van der Waals surface area contributed by atoms with Crippen LogP contribution in [0.15, 0.2) is 59.1 Å². The van der Waals surface area contributed by atoms with E-state index < -0.39 is 0 Å². The van der Waals surface area contributed by atoms with Crippen molar-refractivity contribution >= 4 is 27.5 Å². The van der Waals surface area contributed by atoms with Gasteiger partial charge in [0.2, 0.25) is 5.91 Å². The van der Waals surface area contributed by atoms with E-state index in [9.17, 15) is 4.79 Å². The van der Waals surface area contributed by atoms with Crippen LogP contribution in [0.2, 0.25) is 0 Å². The lowest BCUT2D eigenvalue weighted by molar-refractivity contribution is -0.116. The number of carbonyl (C=O) groups is 1. The molecule has 0 unspecified atom stereocenters. The molecule has 19 heavy (non-hydrogen) atoms. The zero-order valence-corrected chi connectivity index (χ0v) is 12.4. The Hall–Kier alpha value is -1.61. The zero-order valence-electron chi connectivity index (χ0n) is 10.8. The molecule has 0 fully saturated rings. The van der Waals surface area contributed by atoms with Crippen molar-refractivity contribution in [2.45, 2.75) is 19.3 Å². The van der Waals surface area contributed by atoms with Crippen molar-refractivity contribution in [1.82, 2.24) is 0 Å². The van der Waals surface area contributed by atoms with Gasteiger partial charge >= 0.3 is 0 Å². The molecule has 3 heteroatoms. The van der Waals surface area contributed by atoms with Crippen LogP contribution in [0.3, 0.4) is 0 Å². The third-order valence-electron chi connectivity index (χ3n) is 2.97. The van der Waals surface area contributed by atoms with E-state index in [2.05, 4.69) is 40.3 Å². The maximum Gasteiger partial charge on any atom is 0.224 e. The number of nitrogens with one attached hydrogen (secondary N) is 1. The van der Waals surface area contributed by atoms with Gasteiger partial charge in [0, 0.05) is 16.6 Å². The van der Waals surface area contributed by atoms with Crippen molar-refractivity contribution in [2.24, 2.45) is 0 Å². The molecule has 0 saturated heterocycles. The Morgan fingerprint density at radius 1 is 1.16 bits per heavy atom. The molecule has 0 saturated carbocycles. The number of amides is 1. The van der Waals surface area contributed by atoms with Gasteiger partial charge in [-0.3, -0.25) is 4.79 Å². The van der Waals surface area contributed by atoms with Gasteiger partial charge in [-0.15, -0.1) is 0 Å². The standard InChI is InChI=1S/C16H16BrNO/c1-12(13-6-3-2-4-7-13)10-16(19)18-15-9-5-8-14(17)11-15/h2-9,11-12H,10H2,1H3,(H,18,19)/t12-/m0/s1. The Morgan fingerprint density at radius 3 is 2.58 bits per heavy atom. The summed E-state index contributed by atoms with van der Waals surface area (Å²) in [6, 6.07) is 17.7. The van der Waals surface area contributed by atoms with E-state index in [4.69, 9.17) is 0 Å². The maximum atomic E-state index is 12.0. The van der Waals surface area contributed by atoms with Crippen molar-refractivity contribution in [2.75, 3.05) is 5.32 Å². The van der Waals surface area contributed by atoms with Crippen molar-refractivity contribution in [3.05, 3.63) is 64.6 Å². The van der Waals surface area contributed by atoms with E-state index in [0.717, 1.165) is 10.2 Å². The molecule has 1 N–H and O–H groups in total. The lowest BCUT2D eigenvalue weighted by Crippen LogP contribution is -2.14. The second kappa shape index (κ2) is 6.53. The van der Waals surface area contributed by atoms with Gasteiger partial charge in [-0.05, 0) is 29.7 Å². The van der Waals surface area contributed by atoms with Crippen LogP contribution >= 0.6 is 15.9 Å². The van der Waals surface area contributed by atoms with Crippen LogP contribution in [-0.4, -0.2) is 5.91 Å². The summed E-state index contributed by atoms with van der Waals surface area (Å²) in [6.45, 7) is 2.07. The van der Waals surface area contributed by atoms with Gasteiger partial charge in [-0.1, -0.05) is 59.3 Å². The number of carbonyl (C=O) groups excluding carboxylic acids is 1. The third kappa shape index (κ3) is 4.21. The second-order valence-corrected chi connectivity index (χ2v) is 5.49. The van der Waals surface area contributed by atoms with Gasteiger partial charge in [0.05, 0.1) is 0 Å². The Balaban J connectivity index is 1.95. The molecule has 0 aromatic heterocycles. The first-order valence-electron chi connectivity index (χ1n) is 6.25. The van der Waals surface area contributed by atoms with Gasteiger partial charge in [0.1, 0.15) is 0 Å². The lowest BCUT2D eigenvalue weighted by atomic mass is 9.97. The molecule has 2 rings (SSSR count). The molecule has 2 aromatic rings. The molecule has 0 bridgehead atoms. The number of rotatable bonds is 4. The minimum absolute atomic E-state index is 0.0365. The summed E-state index contributed by atoms with van der Waals surface area (Å²) < 4.78 is 0.960.